The second-order valence-electron chi connectivity index (χ2n) is 5.63. The highest BCUT2D eigenvalue weighted by molar-refractivity contribution is 6.17. The molecule has 2 aromatic rings. The van der Waals surface area contributed by atoms with E-state index in [1.54, 1.807) is 7.11 Å². The molecular formula is C16H24ClN3O. The second kappa shape index (κ2) is 7.14. The molecule has 0 amide bonds. The molecule has 1 atom stereocenters. The van der Waals surface area contributed by atoms with Gasteiger partial charge < -0.3 is 14.2 Å². The Hall–Kier alpha value is -1.26. The molecule has 1 unspecified atom stereocenters. The van der Waals surface area contributed by atoms with Crippen LogP contribution in [0, 0.1) is 0 Å². The molecule has 1 heterocycles. The van der Waals surface area contributed by atoms with Crippen molar-refractivity contribution in [1.29, 1.82) is 0 Å². The van der Waals surface area contributed by atoms with Crippen LogP contribution in [0.3, 0.4) is 0 Å². The third-order valence-corrected chi connectivity index (χ3v) is 3.91. The zero-order valence-corrected chi connectivity index (χ0v) is 14.0. The summed E-state index contributed by atoms with van der Waals surface area (Å²) >= 11 is 5.94. The number of halogens is 1. The molecule has 0 N–H and O–H groups in total. The highest BCUT2D eigenvalue weighted by Gasteiger charge is 2.16. The largest absolute Gasteiger partial charge is 0.497 e. The molecule has 0 fully saturated rings. The Balaban J connectivity index is 2.43. The number of hydrogen-bond donors (Lipinski definition) is 0. The van der Waals surface area contributed by atoms with E-state index >= 15 is 0 Å². The molecule has 1 aromatic heterocycles. The van der Waals surface area contributed by atoms with E-state index in [0.29, 0.717) is 11.9 Å². The summed E-state index contributed by atoms with van der Waals surface area (Å²) < 4.78 is 7.66. The van der Waals surface area contributed by atoms with Crippen LogP contribution in [0.5, 0.6) is 5.75 Å². The Morgan fingerprint density at radius 2 is 2.14 bits per heavy atom. The highest BCUT2D eigenvalue weighted by atomic mass is 35.5. The highest BCUT2D eigenvalue weighted by Crippen LogP contribution is 2.27. The van der Waals surface area contributed by atoms with E-state index in [4.69, 9.17) is 21.3 Å². The average Bonchev–Trinajstić information content (AvgIpc) is 2.82. The van der Waals surface area contributed by atoms with Gasteiger partial charge >= 0.3 is 0 Å². The first-order valence-electron chi connectivity index (χ1n) is 7.32. The molecule has 0 saturated heterocycles. The standard InChI is InChI=1S/C16H24ClN3O/c1-12(8-10-19(2)3)20-15-11-13(21-4)5-6-14(15)18-16(20)7-9-17/h5-6,11-12H,7-10H2,1-4H3. The monoisotopic (exact) mass is 309 g/mol. The lowest BCUT2D eigenvalue weighted by molar-refractivity contribution is 0.357. The van der Waals surface area contributed by atoms with Crippen LogP contribution in [-0.2, 0) is 6.42 Å². The molecule has 0 aliphatic rings. The van der Waals surface area contributed by atoms with Crippen molar-refractivity contribution in [3.63, 3.8) is 0 Å². The fourth-order valence-corrected chi connectivity index (χ4v) is 2.75. The lowest BCUT2D eigenvalue weighted by atomic mass is 10.2. The summed E-state index contributed by atoms with van der Waals surface area (Å²) in [6.07, 6.45) is 1.86. The van der Waals surface area contributed by atoms with E-state index in [0.717, 1.165) is 42.0 Å². The van der Waals surface area contributed by atoms with Gasteiger partial charge in [0.25, 0.3) is 0 Å². The van der Waals surface area contributed by atoms with Crippen molar-refractivity contribution < 1.29 is 4.74 Å². The Bertz CT molecular complexity index is 594. The minimum Gasteiger partial charge on any atom is -0.497 e. The molecule has 0 bridgehead atoms. The van der Waals surface area contributed by atoms with Gasteiger partial charge in [0, 0.05) is 24.4 Å². The number of rotatable bonds is 7. The van der Waals surface area contributed by atoms with Crippen LogP contribution >= 0.6 is 11.6 Å². The van der Waals surface area contributed by atoms with Gasteiger partial charge in [-0.05, 0) is 46.1 Å². The van der Waals surface area contributed by atoms with Crippen LogP contribution in [0.25, 0.3) is 11.0 Å². The number of hydrogen-bond acceptors (Lipinski definition) is 3. The number of ether oxygens (including phenoxy) is 1. The maximum absolute atomic E-state index is 5.94. The Morgan fingerprint density at radius 3 is 2.76 bits per heavy atom. The molecule has 0 saturated carbocycles. The molecular weight excluding hydrogens is 286 g/mol. The fourth-order valence-electron chi connectivity index (χ4n) is 2.58. The number of aromatic nitrogens is 2. The Morgan fingerprint density at radius 1 is 1.38 bits per heavy atom. The van der Waals surface area contributed by atoms with Crippen LogP contribution in [-0.4, -0.2) is 48.1 Å². The number of fused-ring (bicyclic) bond motifs is 1. The van der Waals surface area contributed by atoms with Crippen LogP contribution < -0.4 is 4.74 Å². The Kier molecular flexibility index (Phi) is 5.48. The molecule has 2 rings (SSSR count). The molecule has 21 heavy (non-hydrogen) atoms. The topological polar surface area (TPSA) is 30.3 Å². The number of methoxy groups -OCH3 is 1. The number of benzene rings is 1. The SMILES string of the molecule is COc1ccc2nc(CCCl)n(C(C)CCN(C)C)c2c1. The predicted octanol–water partition coefficient (Wildman–Crippen LogP) is 3.34. The van der Waals surface area contributed by atoms with Gasteiger partial charge in [-0.1, -0.05) is 0 Å². The lowest BCUT2D eigenvalue weighted by Gasteiger charge is -2.19. The van der Waals surface area contributed by atoms with E-state index in [1.807, 2.05) is 12.1 Å². The van der Waals surface area contributed by atoms with Crippen molar-refractivity contribution in [3.8, 4) is 5.75 Å². The maximum Gasteiger partial charge on any atom is 0.121 e. The zero-order valence-electron chi connectivity index (χ0n) is 13.3. The van der Waals surface area contributed by atoms with Crippen molar-refractivity contribution in [1.82, 2.24) is 14.5 Å². The smallest absolute Gasteiger partial charge is 0.121 e. The molecule has 0 spiro atoms. The molecule has 1 aromatic carbocycles. The molecule has 116 valence electrons. The normalized spacial score (nSPS) is 13.0. The molecule has 0 radical (unpaired) electrons. The first-order valence-corrected chi connectivity index (χ1v) is 7.85. The van der Waals surface area contributed by atoms with Gasteiger partial charge in [0.2, 0.25) is 0 Å². The summed E-state index contributed by atoms with van der Waals surface area (Å²) in [7, 11) is 5.89. The van der Waals surface area contributed by atoms with Crippen molar-refractivity contribution in [2.45, 2.75) is 25.8 Å². The van der Waals surface area contributed by atoms with Gasteiger partial charge in [-0.15, -0.1) is 11.6 Å². The number of nitrogens with zero attached hydrogens (tertiary/aromatic N) is 3. The molecule has 0 aliphatic heterocycles. The Labute approximate surface area is 131 Å². The maximum atomic E-state index is 5.94. The second-order valence-corrected chi connectivity index (χ2v) is 6.01. The van der Waals surface area contributed by atoms with Gasteiger partial charge in [0.15, 0.2) is 0 Å². The van der Waals surface area contributed by atoms with Crippen molar-refractivity contribution in [2.24, 2.45) is 0 Å². The lowest BCUT2D eigenvalue weighted by Crippen LogP contribution is -2.18. The number of aryl methyl sites for hydroxylation is 1. The van der Waals surface area contributed by atoms with E-state index in [9.17, 15) is 0 Å². The minimum atomic E-state index is 0.378. The summed E-state index contributed by atoms with van der Waals surface area (Å²) in [5, 5.41) is 0. The van der Waals surface area contributed by atoms with Gasteiger partial charge in [0.1, 0.15) is 11.6 Å². The zero-order chi connectivity index (χ0) is 15.4. The summed E-state index contributed by atoms with van der Waals surface area (Å²) in [6, 6.07) is 6.41. The van der Waals surface area contributed by atoms with Crippen LogP contribution in [0.4, 0.5) is 0 Å². The number of imidazole rings is 1. The fraction of sp³-hybridized carbons (Fsp3) is 0.562. The first-order chi connectivity index (χ1) is 10.1. The van der Waals surface area contributed by atoms with Crippen molar-refractivity contribution in [2.75, 3.05) is 33.6 Å². The van der Waals surface area contributed by atoms with E-state index in [2.05, 4.69) is 36.6 Å². The van der Waals surface area contributed by atoms with E-state index in [-0.39, 0.29) is 0 Å². The average molecular weight is 310 g/mol. The van der Waals surface area contributed by atoms with Crippen molar-refractivity contribution >= 4 is 22.6 Å². The predicted molar refractivity (Wildman–Crippen MR) is 88.6 cm³/mol. The van der Waals surface area contributed by atoms with Gasteiger partial charge in [-0.2, -0.15) is 0 Å². The van der Waals surface area contributed by atoms with Gasteiger partial charge in [-0.25, -0.2) is 4.98 Å². The summed E-state index contributed by atoms with van der Waals surface area (Å²) in [4.78, 5) is 6.94. The van der Waals surface area contributed by atoms with E-state index < -0.39 is 0 Å². The van der Waals surface area contributed by atoms with Crippen LogP contribution in [0.1, 0.15) is 25.2 Å². The van der Waals surface area contributed by atoms with E-state index in [1.165, 1.54) is 0 Å². The van der Waals surface area contributed by atoms with Gasteiger partial charge in [0.05, 0.1) is 18.1 Å². The van der Waals surface area contributed by atoms with Gasteiger partial charge in [-0.3, -0.25) is 0 Å². The van der Waals surface area contributed by atoms with Crippen LogP contribution in [0.2, 0.25) is 0 Å². The van der Waals surface area contributed by atoms with Crippen LogP contribution in [0.15, 0.2) is 18.2 Å². The summed E-state index contributed by atoms with van der Waals surface area (Å²) in [5.41, 5.74) is 2.13. The van der Waals surface area contributed by atoms with Crippen molar-refractivity contribution in [3.05, 3.63) is 24.0 Å². The third-order valence-electron chi connectivity index (χ3n) is 3.72. The summed E-state index contributed by atoms with van der Waals surface area (Å²) in [5.74, 6) is 2.50. The quantitative estimate of drug-likeness (QED) is 0.735. The minimum absolute atomic E-state index is 0.378. The molecule has 5 heteroatoms. The number of alkyl halides is 1. The molecule has 4 nitrogen and oxygen atoms in total. The first kappa shape index (κ1) is 16.1. The molecule has 0 aliphatic carbocycles. The summed E-state index contributed by atoms with van der Waals surface area (Å²) in [6.45, 7) is 3.28. The third kappa shape index (κ3) is 3.69.